The number of carbonyl (C=O) groups excluding carboxylic acids is 1. The summed E-state index contributed by atoms with van der Waals surface area (Å²) in [6.45, 7) is 8.60. The molecular formula is C14H24N4O3. The van der Waals surface area contributed by atoms with Gasteiger partial charge in [0.05, 0.1) is 12.7 Å². The minimum Gasteiger partial charge on any atom is -0.481 e. The van der Waals surface area contributed by atoms with Gasteiger partial charge < -0.3 is 20.1 Å². The van der Waals surface area contributed by atoms with E-state index < -0.39 is 11.7 Å². The molecule has 0 aliphatic carbocycles. The number of nitrogens with one attached hydrogen (secondary N) is 2. The number of nitrogens with zero attached hydrogens (tertiary/aromatic N) is 2. The maximum Gasteiger partial charge on any atom is 0.407 e. The van der Waals surface area contributed by atoms with E-state index in [9.17, 15) is 4.79 Å². The first kappa shape index (κ1) is 17.0. The lowest BCUT2D eigenvalue weighted by Gasteiger charge is -2.19. The molecule has 0 aliphatic rings. The Balaban J connectivity index is 2.28. The summed E-state index contributed by atoms with van der Waals surface area (Å²) in [5, 5.41) is 5.89. The molecule has 2 N–H and O–H groups in total. The third-order valence-corrected chi connectivity index (χ3v) is 2.55. The van der Waals surface area contributed by atoms with Gasteiger partial charge in [-0.1, -0.05) is 0 Å². The molecule has 0 saturated heterocycles. The minimum absolute atomic E-state index is 0.401. The van der Waals surface area contributed by atoms with Crippen LogP contribution in [0.2, 0.25) is 0 Å². The van der Waals surface area contributed by atoms with Crippen LogP contribution in [0.25, 0.3) is 0 Å². The van der Waals surface area contributed by atoms with Crippen LogP contribution < -0.4 is 15.4 Å². The SMILES string of the molecule is COc1ncnc(NCCCNC(=O)OC(C)(C)C)c1C. The van der Waals surface area contributed by atoms with Crippen LogP contribution in [0, 0.1) is 6.92 Å². The molecule has 1 amide bonds. The van der Waals surface area contributed by atoms with Gasteiger partial charge in [0.25, 0.3) is 0 Å². The van der Waals surface area contributed by atoms with E-state index in [-0.39, 0.29) is 0 Å². The molecule has 21 heavy (non-hydrogen) atoms. The van der Waals surface area contributed by atoms with Crippen molar-refractivity contribution in [2.45, 2.75) is 39.7 Å². The third kappa shape index (κ3) is 6.29. The summed E-state index contributed by atoms with van der Waals surface area (Å²) < 4.78 is 10.3. The van der Waals surface area contributed by atoms with Crippen LogP contribution in [0.5, 0.6) is 5.88 Å². The molecule has 0 unspecified atom stereocenters. The summed E-state index contributed by atoms with van der Waals surface area (Å²) in [5.41, 5.74) is 0.386. The summed E-state index contributed by atoms with van der Waals surface area (Å²) in [6, 6.07) is 0. The molecule has 0 spiro atoms. The number of methoxy groups -OCH3 is 1. The van der Waals surface area contributed by atoms with Crippen molar-refractivity contribution in [1.82, 2.24) is 15.3 Å². The molecule has 118 valence electrons. The van der Waals surface area contributed by atoms with Gasteiger partial charge in [0.2, 0.25) is 5.88 Å². The fraction of sp³-hybridized carbons (Fsp3) is 0.643. The van der Waals surface area contributed by atoms with Crippen molar-refractivity contribution in [3.63, 3.8) is 0 Å². The van der Waals surface area contributed by atoms with Gasteiger partial charge in [0.15, 0.2) is 0 Å². The maximum atomic E-state index is 11.4. The number of hydrogen-bond acceptors (Lipinski definition) is 6. The van der Waals surface area contributed by atoms with Gasteiger partial charge in [0.1, 0.15) is 17.7 Å². The van der Waals surface area contributed by atoms with Crippen molar-refractivity contribution in [3.05, 3.63) is 11.9 Å². The molecule has 1 rings (SSSR count). The first-order valence-corrected chi connectivity index (χ1v) is 6.90. The van der Waals surface area contributed by atoms with Crippen LogP contribution in [-0.2, 0) is 4.74 Å². The van der Waals surface area contributed by atoms with Crippen molar-refractivity contribution in [2.75, 3.05) is 25.5 Å². The molecule has 0 bridgehead atoms. The summed E-state index contributed by atoms with van der Waals surface area (Å²) >= 11 is 0. The van der Waals surface area contributed by atoms with E-state index in [4.69, 9.17) is 9.47 Å². The topological polar surface area (TPSA) is 85.4 Å². The largest absolute Gasteiger partial charge is 0.481 e. The Bertz CT molecular complexity index is 472. The first-order chi connectivity index (χ1) is 9.83. The number of carbonyl (C=O) groups is 1. The monoisotopic (exact) mass is 296 g/mol. The second-order valence-corrected chi connectivity index (χ2v) is 5.57. The van der Waals surface area contributed by atoms with Crippen LogP contribution in [0.3, 0.4) is 0 Å². The Labute approximate surface area is 125 Å². The van der Waals surface area contributed by atoms with Crippen molar-refractivity contribution in [3.8, 4) is 5.88 Å². The van der Waals surface area contributed by atoms with Crippen molar-refractivity contribution >= 4 is 11.9 Å². The van der Waals surface area contributed by atoms with E-state index in [1.54, 1.807) is 7.11 Å². The molecular weight excluding hydrogens is 272 g/mol. The van der Waals surface area contributed by atoms with Crippen LogP contribution in [-0.4, -0.2) is 41.9 Å². The summed E-state index contributed by atoms with van der Waals surface area (Å²) in [4.78, 5) is 19.6. The van der Waals surface area contributed by atoms with Gasteiger partial charge in [0, 0.05) is 13.1 Å². The number of alkyl carbamates (subject to hydrolysis) is 1. The molecule has 1 aromatic rings. The predicted molar refractivity (Wildman–Crippen MR) is 80.7 cm³/mol. The maximum absolute atomic E-state index is 11.4. The summed E-state index contributed by atoms with van der Waals surface area (Å²) in [6.07, 6.45) is 1.81. The predicted octanol–water partition coefficient (Wildman–Crippen LogP) is 2.12. The Kier molecular flexibility index (Phi) is 6.20. The molecule has 7 nitrogen and oxygen atoms in total. The smallest absolute Gasteiger partial charge is 0.407 e. The highest BCUT2D eigenvalue weighted by molar-refractivity contribution is 5.67. The van der Waals surface area contributed by atoms with Gasteiger partial charge >= 0.3 is 6.09 Å². The molecule has 0 aliphatic heterocycles. The summed E-state index contributed by atoms with van der Waals surface area (Å²) in [7, 11) is 1.57. The average Bonchev–Trinajstić information content (AvgIpc) is 2.38. The zero-order valence-electron chi connectivity index (χ0n) is 13.3. The molecule has 1 heterocycles. The van der Waals surface area contributed by atoms with E-state index >= 15 is 0 Å². The van der Waals surface area contributed by atoms with E-state index in [0.29, 0.717) is 19.0 Å². The number of anilines is 1. The van der Waals surface area contributed by atoms with Gasteiger partial charge in [-0.3, -0.25) is 0 Å². The molecule has 1 aromatic heterocycles. The number of amides is 1. The minimum atomic E-state index is -0.475. The Morgan fingerprint density at radius 3 is 2.62 bits per heavy atom. The van der Waals surface area contributed by atoms with Gasteiger partial charge in [-0.05, 0) is 34.1 Å². The number of aromatic nitrogens is 2. The van der Waals surface area contributed by atoms with Crippen LogP contribution >= 0.6 is 0 Å². The fourth-order valence-corrected chi connectivity index (χ4v) is 1.62. The van der Waals surface area contributed by atoms with Crippen molar-refractivity contribution in [2.24, 2.45) is 0 Å². The Morgan fingerprint density at radius 2 is 2.00 bits per heavy atom. The van der Waals surface area contributed by atoms with Crippen molar-refractivity contribution in [1.29, 1.82) is 0 Å². The van der Waals surface area contributed by atoms with E-state index in [0.717, 1.165) is 17.8 Å². The summed E-state index contributed by atoms with van der Waals surface area (Å²) in [5.74, 6) is 1.29. The lowest BCUT2D eigenvalue weighted by Crippen LogP contribution is -2.33. The normalized spacial score (nSPS) is 10.9. The van der Waals surface area contributed by atoms with Crippen LogP contribution in [0.4, 0.5) is 10.6 Å². The molecule has 7 heteroatoms. The number of ether oxygens (including phenoxy) is 2. The standard InChI is InChI=1S/C14H24N4O3/c1-10-11(17-9-18-12(10)20-5)15-7-6-8-16-13(19)21-14(2,3)4/h9H,6-8H2,1-5H3,(H,16,19)(H,15,17,18). The van der Waals surface area contributed by atoms with Gasteiger partial charge in [-0.15, -0.1) is 0 Å². The van der Waals surface area contributed by atoms with E-state index in [2.05, 4.69) is 20.6 Å². The zero-order valence-corrected chi connectivity index (χ0v) is 13.3. The lowest BCUT2D eigenvalue weighted by molar-refractivity contribution is 0.0528. The van der Waals surface area contributed by atoms with Gasteiger partial charge in [-0.25, -0.2) is 14.8 Å². The Hall–Kier alpha value is -2.05. The molecule has 0 aromatic carbocycles. The second kappa shape index (κ2) is 7.66. The lowest BCUT2D eigenvalue weighted by atomic mass is 10.2. The van der Waals surface area contributed by atoms with E-state index in [1.807, 2.05) is 27.7 Å². The highest BCUT2D eigenvalue weighted by atomic mass is 16.6. The third-order valence-electron chi connectivity index (χ3n) is 2.55. The second-order valence-electron chi connectivity index (χ2n) is 5.57. The number of rotatable bonds is 6. The van der Waals surface area contributed by atoms with Crippen LogP contribution in [0.15, 0.2) is 6.33 Å². The van der Waals surface area contributed by atoms with E-state index in [1.165, 1.54) is 6.33 Å². The zero-order chi connectivity index (χ0) is 15.9. The molecule has 0 atom stereocenters. The average molecular weight is 296 g/mol. The van der Waals surface area contributed by atoms with Crippen LogP contribution in [0.1, 0.15) is 32.8 Å². The highest BCUT2D eigenvalue weighted by Gasteiger charge is 2.15. The molecule has 0 radical (unpaired) electrons. The Morgan fingerprint density at radius 1 is 1.29 bits per heavy atom. The van der Waals surface area contributed by atoms with Gasteiger partial charge in [-0.2, -0.15) is 0 Å². The highest BCUT2D eigenvalue weighted by Crippen LogP contribution is 2.19. The van der Waals surface area contributed by atoms with Crippen molar-refractivity contribution < 1.29 is 14.3 Å². The quantitative estimate of drug-likeness (QED) is 0.782. The fourth-order valence-electron chi connectivity index (χ4n) is 1.62. The first-order valence-electron chi connectivity index (χ1n) is 6.90. The molecule has 0 saturated carbocycles. The molecule has 0 fully saturated rings. The number of hydrogen-bond donors (Lipinski definition) is 2.